The molecule has 0 unspecified atom stereocenters. The van der Waals surface area contributed by atoms with Gasteiger partial charge in [0.15, 0.2) is 0 Å². The zero-order valence-electron chi connectivity index (χ0n) is 8.97. The summed E-state index contributed by atoms with van der Waals surface area (Å²) in [6.45, 7) is 0. The lowest BCUT2D eigenvalue weighted by Gasteiger charge is -2.02. The molecule has 0 fully saturated rings. The van der Waals surface area contributed by atoms with Gasteiger partial charge >= 0.3 is 0 Å². The molecule has 2 nitrogen and oxygen atoms in total. The molecule has 0 N–H and O–H groups in total. The first-order valence-electron chi connectivity index (χ1n) is 5.07. The average Bonchev–Trinajstić information content (AvgIpc) is 2.40. The van der Waals surface area contributed by atoms with E-state index >= 15 is 0 Å². The summed E-state index contributed by atoms with van der Waals surface area (Å²) in [6, 6.07) is 13.5. The second-order valence-corrected chi connectivity index (χ2v) is 3.84. The van der Waals surface area contributed by atoms with Crippen molar-refractivity contribution < 1.29 is 0 Å². The van der Waals surface area contributed by atoms with E-state index in [4.69, 9.17) is 16.9 Å². The molecule has 0 spiro atoms. The molecular formula is C14H9ClN2. The molecule has 3 heteroatoms. The summed E-state index contributed by atoms with van der Waals surface area (Å²) in [5.41, 5.74) is 3.04. The van der Waals surface area contributed by atoms with Crippen molar-refractivity contribution in [2.45, 2.75) is 0 Å². The number of allylic oxidation sites excluding steroid dienone is 1. The average molecular weight is 241 g/mol. The SMILES string of the molecule is N#C/C=C(\Cl)c1ccc(-c2ccncc2)cc1. The number of rotatable bonds is 2. The van der Waals surface area contributed by atoms with Gasteiger partial charge in [0.2, 0.25) is 0 Å². The van der Waals surface area contributed by atoms with Gasteiger partial charge in [-0.1, -0.05) is 35.9 Å². The van der Waals surface area contributed by atoms with E-state index in [1.165, 1.54) is 6.08 Å². The molecule has 82 valence electrons. The predicted molar refractivity (Wildman–Crippen MR) is 69.1 cm³/mol. The molecular weight excluding hydrogens is 232 g/mol. The third-order valence-corrected chi connectivity index (χ3v) is 2.69. The fraction of sp³-hybridized carbons (Fsp3) is 0. The number of hydrogen-bond donors (Lipinski definition) is 0. The van der Waals surface area contributed by atoms with Gasteiger partial charge in [-0.15, -0.1) is 0 Å². The summed E-state index contributed by atoms with van der Waals surface area (Å²) in [5, 5.41) is 8.97. The molecule has 0 amide bonds. The number of aromatic nitrogens is 1. The standard InChI is InChI=1S/C14H9ClN2/c15-14(5-8-16)13-3-1-11(2-4-13)12-6-9-17-10-7-12/h1-7,9-10H/b14-5-. The first-order chi connectivity index (χ1) is 8.31. The Bertz CT molecular complexity index is 565. The normalized spacial score (nSPS) is 10.9. The lowest BCUT2D eigenvalue weighted by atomic mass is 10.1. The number of nitrogens with zero attached hydrogens (tertiary/aromatic N) is 2. The Hall–Kier alpha value is -2.11. The highest BCUT2D eigenvalue weighted by atomic mass is 35.5. The first kappa shape index (κ1) is 11.4. The van der Waals surface area contributed by atoms with E-state index in [9.17, 15) is 0 Å². The molecule has 2 rings (SSSR count). The van der Waals surface area contributed by atoms with E-state index in [0.717, 1.165) is 16.7 Å². The fourth-order valence-corrected chi connectivity index (χ4v) is 1.68. The quantitative estimate of drug-likeness (QED) is 0.748. The second-order valence-electron chi connectivity index (χ2n) is 3.43. The van der Waals surface area contributed by atoms with E-state index < -0.39 is 0 Å². The molecule has 1 heterocycles. The highest BCUT2D eigenvalue weighted by molar-refractivity contribution is 6.49. The number of hydrogen-bond acceptors (Lipinski definition) is 2. The Morgan fingerprint density at radius 3 is 2.24 bits per heavy atom. The van der Waals surface area contributed by atoms with Gasteiger partial charge in [0, 0.05) is 18.5 Å². The van der Waals surface area contributed by atoms with Crippen LogP contribution in [0, 0.1) is 11.3 Å². The van der Waals surface area contributed by atoms with Crippen molar-refractivity contribution >= 4 is 16.6 Å². The maximum atomic E-state index is 8.51. The van der Waals surface area contributed by atoms with Gasteiger partial charge in [0.05, 0.1) is 11.1 Å². The molecule has 1 aromatic heterocycles. The van der Waals surface area contributed by atoms with Crippen LogP contribution in [0.25, 0.3) is 16.2 Å². The summed E-state index contributed by atoms with van der Waals surface area (Å²) in [4.78, 5) is 3.97. The van der Waals surface area contributed by atoms with Crippen molar-refractivity contribution in [2.75, 3.05) is 0 Å². The van der Waals surface area contributed by atoms with E-state index in [2.05, 4.69) is 4.98 Å². The molecule has 0 radical (unpaired) electrons. The number of halogens is 1. The zero-order chi connectivity index (χ0) is 12.1. The topological polar surface area (TPSA) is 36.7 Å². The van der Waals surface area contributed by atoms with Crippen LogP contribution in [0.4, 0.5) is 0 Å². The molecule has 0 saturated heterocycles. The minimum atomic E-state index is 0.453. The predicted octanol–water partition coefficient (Wildman–Crippen LogP) is 3.85. The molecule has 0 atom stereocenters. The third kappa shape index (κ3) is 2.72. The number of nitriles is 1. The van der Waals surface area contributed by atoms with E-state index in [-0.39, 0.29) is 0 Å². The Labute approximate surface area is 105 Å². The van der Waals surface area contributed by atoms with Crippen LogP contribution in [0.5, 0.6) is 0 Å². The number of pyridine rings is 1. The molecule has 0 aliphatic carbocycles. The van der Waals surface area contributed by atoms with E-state index in [1.54, 1.807) is 12.4 Å². The Kier molecular flexibility index (Phi) is 3.54. The summed E-state index contributed by atoms with van der Waals surface area (Å²) < 4.78 is 0. The molecule has 0 bridgehead atoms. The van der Waals surface area contributed by atoms with E-state index in [1.807, 2.05) is 42.5 Å². The van der Waals surface area contributed by atoms with Gasteiger partial charge < -0.3 is 0 Å². The monoisotopic (exact) mass is 240 g/mol. The van der Waals surface area contributed by atoms with Gasteiger partial charge in [-0.2, -0.15) is 5.26 Å². The van der Waals surface area contributed by atoms with Gasteiger partial charge in [0.1, 0.15) is 0 Å². The summed E-state index contributed by atoms with van der Waals surface area (Å²) >= 11 is 5.93. The minimum absolute atomic E-state index is 0.453. The first-order valence-corrected chi connectivity index (χ1v) is 5.45. The van der Waals surface area contributed by atoms with E-state index in [0.29, 0.717) is 5.03 Å². The van der Waals surface area contributed by atoms with Crippen LogP contribution in [0.3, 0.4) is 0 Å². The van der Waals surface area contributed by atoms with Gasteiger partial charge in [-0.05, 0) is 28.8 Å². The largest absolute Gasteiger partial charge is 0.265 e. The lowest BCUT2D eigenvalue weighted by Crippen LogP contribution is -1.80. The van der Waals surface area contributed by atoms with Crippen LogP contribution < -0.4 is 0 Å². The van der Waals surface area contributed by atoms with Gasteiger partial charge in [-0.25, -0.2) is 0 Å². The summed E-state index contributed by atoms with van der Waals surface area (Å²) in [7, 11) is 0. The zero-order valence-corrected chi connectivity index (χ0v) is 9.72. The molecule has 17 heavy (non-hydrogen) atoms. The van der Waals surface area contributed by atoms with Crippen LogP contribution >= 0.6 is 11.6 Å². The maximum Gasteiger partial charge on any atom is 0.0927 e. The second kappa shape index (κ2) is 5.29. The smallest absolute Gasteiger partial charge is 0.0927 e. The highest BCUT2D eigenvalue weighted by Gasteiger charge is 2.00. The summed E-state index contributed by atoms with van der Waals surface area (Å²) in [5.74, 6) is 0. The van der Waals surface area contributed by atoms with Crippen molar-refractivity contribution in [1.82, 2.24) is 4.98 Å². The van der Waals surface area contributed by atoms with Crippen molar-refractivity contribution in [3.8, 4) is 17.2 Å². The maximum absolute atomic E-state index is 8.51. The molecule has 0 aliphatic heterocycles. The third-order valence-electron chi connectivity index (χ3n) is 2.37. The molecule has 1 aromatic carbocycles. The van der Waals surface area contributed by atoms with Crippen LogP contribution in [0.2, 0.25) is 0 Å². The van der Waals surface area contributed by atoms with Gasteiger partial charge in [0.25, 0.3) is 0 Å². The Morgan fingerprint density at radius 1 is 1.06 bits per heavy atom. The summed E-state index contributed by atoms with van der Waals surface area (Å²) in [6.07, 6.45) is 4.83. The van der Waals surface area contributed by atoms with Crippen molar-refractivity contribution in [1.29, 1.82) is 5.26 Å². The minimum Gasteiger partial charge on any atom is -0.265 e. The van der Waals surface area contributed by atoms with Crippen LogP contribution in [0.1, 0.15) is 5.56 Å². The number of benzene rings is 1. The Balaban J connectivity index is 2.32. The van der Waals surface area contributed by atoms with Crippen molar-refractivity contribution in [3.63, 3.8) is 0 Å². The fourth-order valence-electron chi connectivity index (χ4n) is 1.51. The lowest BCUT2D eigenvalue weighted by molar-refractivity contribution is 1.33. The van der Waals surface area contributed by atoms with Crippen LogP contribution in [-0.2, 0) is 0 Å². The van der Waals surface area contributed by atoms with Crippen LogP contribution in [0.15, 0.2) is 54.9 Å². The highest BCUT2D eigenvalue weighted by Crippen LogP contribution is 2.23. The Morgan fingerprint density at radius 2 is 1.65 bits per heavy atom. The van der Waals surface area contributed by atoms with Gasteiger partial charge in [-0.3, -0.25) is 4.98 Å². The molecule has 0 saturated carbocycles. The molecule has 0 aliphatic rings. The van der Waals surface area contributed by atoms with Crippen molar-refractivity contribution in [3.05, 3.63) is 60.4 Å². The van der Waals surface area contributed by atoms with Crippen molar-refractivity contribution in [2.24, 2.45) is 0 Å². The van der Waals surface area contributed by atoms with Crippen LogP contribution in [-0.4, -0.2) is 4.98 Å². The molecule has 2 aromatic rings.